The zero-order chi connectivity index (χ0) is 14.3. The third kappa shape index (κ3) is 2.08. The molecule has 2 aromatic carbocycles. The molecule has 0 bridgehead atoms. The highest BCUT2D eigenvalue weighted by atomic mass is 32.1. The Morgan fingerprint density at radius 2 is 1.45 bits per heavy atom. The number of nitrogens with zero attached hydrogens (tertiary/aromatic N) is 1. The minimum atomic E-state index is 0.505. The molecule has 0 unspecified atom stereocenters. The lowest BCUT2D eigenvalue weighted by molar-refractivity contribution is 0.610. The first-order valence-electron chi connectivity index (χ1n) is 7.28. The second-order valence-electron chi connectivity index (χ2n) is 5.85. The second-order valence-corrected chi connectivity index (χ2v) is 6.90. The number of hydrogen-bond acceptors (Lipinski definition) is 2. The molecule has 0 aliphatic heterocycles. The van der Waals surface area contributed by atoms with Crippen LogP contribution in [-0.2, 0) is 0 Å². The molecule has 0 N–H and O–H groups in total. The van der Waals surface area contributed by atoms with E-state index in [0.29, 0.717) is 12.1 Å². The van der Waals surface area contributed by atoms with Gasteiger partial charge in [0.2, 0.25) is 0 Å². The van der Waals surface area contributed by atoms with Crippen LogP contribution in [0, 0.1) is 0 Å². The monoisotopic (exact) mass is 283 g/mol. The van der Waals surface area contributed by atoms with Gasteiger partial charge in [-0.1, -0.05) is 30.3 Å². The number of thiophene rings is 1. The minimum absolute atomic E-state index is 0.505. The number of rotatable bonds is 3. The summed E-state index contributed by atoms with van der Waals surface area (Å²) in [4.78, 5) is 2.51. The number of anilines is 1. The SMILES string of the molecule is CC(C)N(c1cccc2c1sc1ccccc12)C(C)C. The van der Waals surface area contributed by atoms with Crippen LogP contribution in [0.1, 0.15) is 27.7 Å². The van der Waals surface area contributed by atoms with Gasteiger partial charge in [0, 0.05) is 27.6 Å². The van der Waals surface area contributed by atoms with Gasteiger partial charge in [0.25, 0.3) is 0 Å². The van der Waals surface area contributed by atoms with E-state index in [4.69, 9.17) is 0 Å². The lowest BCUT2D eigenvalue weighted by Crippen LogP contribution is -2.36. The summed E-state index contributed by atoms with van der Waals surface area (Å²) in [5.41, 5.74) is 1.37. The quantitative estimate of drug-likeness (QED) is 0.598. The van der Waals surface area contributed by atoms with Crippen LogP contribution in [0.25, 0.3) is 20.2 Å². The third-order valence-electron chi connectivity index (χ3n) is 3.77. The van der Waals surface area contributed by atoms with E-state index in [2.05, 4.69) is 75.1 Å². The summed E-state index contributed by atoms with van der Waals surface area (Å²) in [6.45, 7) is 9.08. The van der Waals surface area contributed by atoms with Gasteiger partial charge in [0.15, 0.2) is 0 Å². The predicted molar refractivity (Wildman–Crippen MR) is 92.1 cm³/mol. The number of benzene rings is 2. The zero-order valence-electron chi connectivity index (χ0n) is 12.6. The summed E-state index contributed by atoms with van der Waals surface area (Å²) >= 11 is 1.91. The van der Waals surface area contributed by atoms with Crippen molar-refractivity contribution in [1.82, 2.24) is 0 Å². The van der Waals surface area contributed by atoms with Gasteiger partial charge in [0.1, 0.15) is 0 Å². The van der Waals surface area contributed by atoms with Crippen LogP contribution < -0.4 is 4.90 Å². The molecule has 0 spiro atoms. The van der Waals surface area contributed by atoms with Gasteiger partial charge < -0.3 is 4.90 Å². The Kier molecular flexibility index (Phi) is 3.43. The van der Waals surface area contributed by atoms with Crippen LogP contribution in [0.5, 0.6) is 0 Å². The summed E-state index contributed by atoms with van der Waals surface area (Å²) in [5, 5.41) is 2.76. The Labute approximate surface area is 124 Å². The van der Waals surface area contributed by atoms with Crippen molar-refractivity contribution in [3.05, 3.63) is 42.5 Å². The van der Waals surface area contributed by atoms with Crippen molar-refractivity contribution in [3.8, 4) is 0 Å². The predicted octanol–water partition coefficient (Wildman–Crippen LogP) is 5.68. The molecule has 2 heteroatoms. The maximum atomic E-state index is 2.51. The molecule has 0 atom stereocenters. The molecule has 0 saturated heterocycles. The van der Waals surface area contributed by atoms with E-state index >= 15 is 0 Å². The van der Waals surface area contributed by atoms with E-state index in [1.807, 2.05) is 11.3 Å². The molecule has 20 heavy (non-hydrogen) atoms. The van der Waals surface area contributed by atoms with Crippen molar-refractivity contribution in [2.24, 2.45) is 0 Å². The molecule has 0 aliphatic carbocycles. The van der Waals surface area contributed by atoms with Crippen molar-refractivity contribution in [1.29, 1.82) is 0 Å². The maximum absolute atomic E-state index is 2.51. The minimum Gasteiger partial charge on any atom is -0.366 e. The Bertz CT molecular complexity index is 731. The lowest BCUT2D eigenvalue weighted by Gasteiger charge is -2.33. The van der Waals surface area contributed by atoms with Gasteiger partial charge in [-0.2, -0.15) is 0 Å². The van der Waals surface area contributed by atoms with Crippen molar-refractivity contribution in [3.63, 3.8) is 0 Å². The Morgan fingerprint density at radius 1 is 0.800 bits per heavy atom. The summed E-state index contributed by atoms with van der Waals surface area (Å²) in [5.74, 6) is 0. The fourth-order valence-electron chi connectivity index (χ4n) is 3.09. The largest absolute Gasteiger partial charge is 0.366 e. The molecule has 0 fully saturated rings. The first kappa shape index (κ1) is 13.4. The standard InChI is InChI=1S/C18H21NS/c1-12(2)19(13(3)4)16-10-7-9-15-14-8-5-6-11-17(14)20-18(15)16/h5-13H,1-4H3. The van der Waals surface area contributed by atoms with Crippen molar-refractivity contribution in [2.75, 3.05) is 4.90 Å². The van der Waals surface area contributed by atoms with Crippen LogP contribution in [0.4, 0.5) is 5.69 Å². The molecular weight excluding hydrogens is 262 g/mol. The van der Waals surface area contributed by atoms with Gasteiger partial charge in [0.05, 0.1) is 10.4 Å². The molecule has 0 amide bonds. The second kappa shape index (κ2) is 5.10. The molecular formula is C18H21NS. The fourth-order valence-corrected chi connectivity index (χ4v) is 4.31. The molecule has 1 aromatic heterocycles. The highest BCUT2D eigenvalue weighted by molar-refractivity contribution is 7.26. The highest BCUT2D eigenvalue weighted by Gasteiger charge is 2.18. The van der Waals surface area contributed by atoms with E-state index in [1.165, 1.54) is 25.9 Å². The maximum Gasteiger partial charge on any atom is 0.0589 e. The molecule has 0 saturated carbocycles. The van der Waals surface area contributed by atoms with Crippen molar-refractivity contribution >= 4 is 37.2 Å². The topological polar surface area (TPSA) is 3.24 Å². The third-order valence-corrected chi connectivity index (χ3v) is 4.98. The van der Waals surface area contributed by atoms with Crippen LogP contribution >= 0.6 is 11.3 Å². The Morgan fingerprint density at radius 3 is 2.15 bits per heavy atom. The molecule has 1 nitrogen and oxygen atoms in total. The van der Waals surface area contributed by atoms with E-state index in [9.17, 15) is 0 Å². The molecule has 0 radical (unpaired) electrons. The van der Waals surface area contributed by atoms with Crippen LogP contribution in [0.2, 0.25) is 0 Å². The number of hydrogen-bond donors (Lipinski definition) is 0. The van der Waals surface area contributed by atoms with Crippen LogP contribution in [0.3, 0.4) is 0 Å². The van der Waals surface area contributed by atoms with E-state index in [1.54, 1.807) is 0 Å². The van der Waals surface area contributed by atoms with Crippen molar-refractivity contribution in [2.45, 2.75) is 39.8 Å². The van der Waals surface area contributed by atoms with Gasteiger partial charge >= 0.3 is 0 Å². The first-order chi connectivity index (χ1) is 9.59. The lowest BCUT2D eigenvalue weighted by atomic mass is 10.1. The summed E-state index contributed by atoms with van der Waals surface area (Å²) in [6.07, 6.45) is 0. The molecule has 104 valence electrons. The van der Waals surface area contributed by atoms with Crippen molar-refractivity contribution < 1.29 is 0 Å². The smallest absolute Gasteiger partial charge is 0.0589 e. The van der Waals surface area contributed by atoms with E-state index < -0.39 is 0 Å². The van der Waals surface area contributed by atoms with Gasteiger partial charge in [-0.25, -0.2) is 0 Å². The molecule has 3 aromatic rings. The fraction of sp³-hybridized carbons (Fsp3) is 0.333. The average Bonchev–Trinajstić information content (AvgIpc) is 2.78. The van der Waals surface area contributed by atoms with Gasteiger partial charge in [-0.05, 0) is 39.8 Å². The summed E-state index contributed by atoms with van der Waals surface area (Å²) in [6, 6.07) is 16.4. The number of fused-ring (bicyclic) bond motifs is 3. The zero-order valence-corrected chi connectivity index (χ0v) is 13.4. The highest BCUT2D eigenvalue weighted by Crippen LogP contribution is 2.40. The Balaban J connectivity index is 2.31. The first-order valence-corrected chi connectivity index (χ1v) is 8.10. The van der Waals surface area contributed by atoms with Crippen LogP contribution in [-0.4, -0.2) is 12.1 Å². The van der Waals surface area contributed by atoms with E-state index in [0.717, 1.165) is 0 Å². The van der Waals surface area contributed by atoms with Crippen LogP contribution in [0.15, 0.2) is 42.5 Å². The van der Waals surface area contributed by atoms with Gasteiger partial charge in [-0.3, -0.25) is 0 Å². The Hall–Kier alpha value is -1.54. The normalized spacial score (nSPS) is 11.9. The summed E-state index contributed by atoms with van der Waals surface area (Å²) in [7, 11) is 0. The van der Waals surface area contributed by atoms with E-state index in [-0.39, 0.29) is 0 Å². The summed E-state index contributed by atoms with van der Waals surface area (Å²) < 4.78 is 2.79. The van der Waals surface area contributed by atoms with Gasteiger partial charge in [-0.15, -0.1) is 11.3 Å². The molecule has 1 heterocycles. The molecule has 0 aliphatic rings. The average molecular weight is 283 g/mol. The molecule has 3 rings (SSSR count).